The summed E-state index contributed by atoms with van der Waals surface area (Å²) in [6, 6.07) is 4.65. The highest BCUT2D eigenvalue weighted by molar-refractivity contribution is 5.15. The summed E-state index contributed by atoms with van der Waals surface area (Å²) in [5, 5.41) is 0. The second-order valence-corrected chi connectivity index (χ2v) is 4.75. The average Bonchev–Trinajstić information content (AvgIpc) is 2.87. The highest BCUT2D eigenvalue weighted by atomic mass is 16.5. The molecular formula is C14H23N3O. The molecule has 1 aromatic rings. The van der Waals surface area contributed by atoms with E-state index in [9.17, 15) is 0 Å². The van der Waals surface area contributed by atoms with Gasteiger partial charge < -0.3 is 10.5 Å². The number of likely N-dealkylation sites (tertiary alicyclic amines) is 1. The van der Waals surface area contributed by atoms with Gasteiger partial charge in [0.15, 0.2) is 0 Å². The van der Waals surface area contributed by atoms with E-state index in [1.165, 1.54) is 18.4 Å². The SMILES string of the molecule is CCOC(CN)CN1CCCC1c1cccnc1. The van der Waals surface area contributed by atoms with Crippen LogP contribution in [0.2, 0.25) is 0 Å². The van der Waals surface area contributed by atoms with Crippen LogP contribution in [0, 0.1) is 0 Å². The smallest absolute Gasteiger partial charge is 0.0823 e. The van der Waals surface area contributed by atoms with Gasteiger partial charge in [-0.05, 0) is 37.9 Å². The number of pyridine rings is 1. The van der Waals surface area contributed by atoms with Crippen LogP contribution in [0.15, 0.2) is 24.5 Å². The minimum Gasteiger partial charge on any atom is -0.376 e. The lowest BCUT2D eigenvalue weighted by Crippen LogP contribution is -2.38. The van der Waals surface area contributed by atoms with Crippen molar-refractivity contribution < 1.29 is 4.74 Å². The highest BCUT2D eigenvalue weighted by Gasteiger charge is 2.27. The molecule has 2 rings (SSSR count). The number of nitrogens with zero attached hydrogens (tertiary/aromatic N) is 2. The molecule has 1 saturated heterocycles. The number of aromatic nitrogens is 1. The van der Waals surface area contributed by atoms with Crippen molar-refractivity contribution in [3.8, 4) is 0 Å². The predicted octanol–water partition coefficient (Wildman–Crippen LogP) is 1.58. The van der Waals surface area contributed by atoms with Gasteiger partial charge in [-0.3, -0.25) is 9.88 Å². The van der Waals surface area contributed by atoms with Crippen LogP contribution < -0.4 is 5.73 Å². The van der Waals surface area contributed by atoms with Gasteiger partial charge >= 0.3 is 0 Å². The van der Waals surface area contributed by atoms with Gasteiger partial charge in [0.05, 0.1) is 6.10 Å². The molecule has 4 nitrogen and oxygen atoms in total. The Kier molecular flexibility index (Phi) is 5.11. The normalized spacial score (nSPS) is 22.2. The molecule has 0 amide bonds. The zero-order chi connectivity index (χ0) is 12.8. The summed E-state index contributed by atoms with van der Waals surface area (Å²) in [6.07, 6.45) is 6.39. The summed E-state index contributed by atoms with van der Waals surface area (Å²) < 4.78 is 5.65. The first kappa shape index (κ1) is 13.5. The standard InChI is InChI=1S/C14H23N3O/c1-2-18-13(9-15)11-17-8-4-6-14(17)12-5-3-7-16-10-12/h3,5,7,10,13-14H,2,4,6,8-9,11,15H2,1H3. The zero-order valence-corrected chi connectivity index (χ0v) is 11.1. The molecule has 1 aliphatic rings. The van der Waals surface area contributed by atoms with E-state index in [0.717, 1.165) is 19.7 Å². The molecule has 0 aliphatic carbocycles. The van der Waals surface area contributed by atoms with E-state index in [2.05, 4.69) is 16.0 Å². The average molecular weight is 249 g/mol. The number of rotatable bonds is 6. The number of nitrogens with two attached hydrogens (primary N) is 1. The fourth-order valence-corrected chi connectivity index (χ4v) is 2.69. The van der Waals surface area contributed by atoms with Gasteiger partial charge in [0.25, 0.3) is 0 Å². The Bertz CT molecular complexity index is 344. The molecule has 2 heterocycles. The first-order chi connectivity index (χ1) is 8.85. The van der Waals surface area contributed by atoms with Crippen LogP contribution in [-0.2, 0) is 4.74 Å². The number of ether oxygens (including phenoxy) is 1. The maximum atomic E-state index is 5.76. The third-order valence-electron chi connectivity index (χ3n) is 3.54. The Hall–Kier alpha value is -0.970. The van der Waals surface area contributed by atoms with E-state index in [-0.39, 0.29) is 6.10 Å². The Labute approximate surface area is 109 Å². The van der Waals surface area contributed by atoms with Gasteiger partial charge in [-0.15, -0.1) is 0 Å². The lowest BCUT2D eigenvalue weighted by atomic mass is 10.1. The van der Waals surface area contributed by atoms with Crippen LogP contribution in [0.4, 0.5) is 0 Å². The summed E-state index contributed by atoms with van der Waals surface area (Å²) in [7, 11) is 0. The predicted molar refractivity (Wildman–Crippen MR) is 72.3 cm³/mol. The number of hydrogen-bond donors (Lipinski definition) is 1. The monoisotopic (exact) mass is 249 g/mol. The van der Waals surface area contributed by atoms with E-state index >= 15 is 0 Å². The summed E-state index contributed by atoms with van der Waals surface area (Å²) in [5.74, 6) is 0. The fraction of sp³-hybridized carbons (Fsp3) is 0.643. The molecule has 4 heteroatoms. The van der Waals surface area contributed by atoms with Gasteiger partial charge in [0.1, 0.15) is 0 Å². The lowest BCUT2D eigenvalue weighted by molar-refractivity contribution is 0.0358. The van der Waals surface area contributed by atoms with Crippen molar-refractivity contribution in [3.63, 3.8) is 0 Å². The van der Waals surface area contributed by atoms with Crippen LogP contribution in [0.3, 0.4) is 0 Å². The molecule has 0 bridgehead atoms. The van der Waals surface area contributed by atoms with E-state index < -0.39 is 0 Å². The van der Waals surface area contributed by atoms with Gasteiger partial charge in [0.2, 0.25) is 0 Å². The Morgan fingerprint density at radius 3 is 3.17 bits per heavy atom. The number of hydrogen-bond acceptors (Lipinski definition) is 4. The summed E-state index contributed by atoms with van der Waals surface area (Å²) in [6.45, 7) is 5.38. The van der Waals surface area contributed by atoms with E-state index in [1.807, 2.05) is 25.4 Å². The summed E-state index contributed by atoms with van der Waals surface area (Å²) in [4.78, 5) is 6.69. The summed E-state index contributed by atoms with van der Waals surface area (Å²) in [5.41, 5.74) is 7.06. The van der Waals surface area contributed by atoms with Crippen molar-refractivity contribution in [1.29, 1.82) is 0 Å². The second-order valence-electron chi connectivity index (χ2n) is 4.75. The zero-order valence-electron chi connectivity index (χ0n) is 11.1. The van der Waals surface area contributed by atoms with Crippen molar-refractivity contribution in [2.45, 2.75) is 31.9 Å². The van der Waals surface area contributed by atoms with Crippen LogP contribution in [0.1, 0.15) is 31.4 Å². The van der Waals surface area contributed by atoms with Crippen molar-refractivity contribution in [1.82, 2.24) is 9.88 Å². The summed E-state index contributed by atoms with van der Waals surface area (Å²) >= 11 is 0. The van der Waals surface area contributed by atoms with E-state index in [4.69, 9.17) is 10.5 Å². The molecule has 100 valence electrons. The Balaban J connectivity index is 1.99. The molecular weight excluding hydrogens is 226 g/mol. The quantitative estimate of drug-likeness (QED) is 0.831. The van der Waals surface area contributed by atoms with Crippen LogP contribution in [0.5, 0.6) is 0 Å². The van der Waals surface area contributed by atoms with Crippen LogP contribution in [0.25, 0.3) is 0 Å². The van der Waals surface area contributed by atoms with Crippen LogP contribution in [-0.4, -0.2) is 42.2 Å². The van der Waals surface area contributed by atoms with Crippen molar-refractivity contribution in [2.75, 3.05) is 26.2 Å². The topological polar surface area (TPSA) is 51.4 Å². The van der Waals surface area contributed by atoms with Gasteiger partial charge in [-0.2, -0.15) is 0 Å². The van der Waals surface area contributed by atoms with Crippen LogP contribution >= 0.6 is 0 Å². The maximum absolute atomic E-state index is 5.76. The molecule has 0 radical (unpaired) electrons. The molecule has 0 aromatic carbocycles. The molecule has 0 spiro atoms. The fourth-order valence-electron chi connectivity index (χ4n) is 2.69. The molecule has 1 fully saturated rings. The Morgan fingerprint density at radius 2 is 2.50 bits per heavy atom. The largest absolute Gasteiger partial charge is 0.376 e. The minimum atomic E-state index is 0.146. The molecule has 2 unspecified atom stereocenters. The second kappa shape index (κ2) is 6.83. The van der Waals surface area contributed by atoms with Gasteiger partial charge in [-0.1, -0.05) is 6.07 Å². The van der Waals surface area contributed by atoms with Crippen molar-refractivity contribution >= 4 is 0 Å². The van der Waals surface area contributed by atoms with Crippen molar-refractivity contribution in [3.05, 3.63) is 30.1 Å². The van der Waals surface area contributed by atoms with Gasteiger partial charge in [0, 0.05) is 38.1 Å². The molecule has 1 aliphatic heterocycles. The first-order valence-electron chi connectivity index (χ1n) is 6.80. The molecule has 18 heavy (non-hydrogen) atoms. The molecule has 2 atom stereocenters. The highest BCUT2D eigenvalue weighted by Crippen LogP contribution is 2.31. The van der Waals surface area contributed by atoms with Gasteiger partial charge in [-0.25, -0.2) is 0 Å². The van der Waals surface area contributed by atoms with Crippen molar-refractivity contribution in [2.24, 2.45) is 5.73 Å². The first-order valence-corrected chi connectivity index (χ1v) is 6.80. The third kappa shape index (κ3) is 3.28. The van der Waals surface area contributed by atoms with E-state index in [1.54, 1.807) is 0 Å². The third-order valence-corrected chi connectivity index (χ3v) is 3.54. The lowest BCUT2D eigenvalue weighted by Gasteiger charge is -2.28. The maximum Gasteiger partial charge on any atom is 0.0823 e. The molecule has 0 saturated carbocycles. The minimum absolute atomic E-state index is 0.146. The molecule has 1 aromatic heterocycles. The Morgan fingerprint density at radius 1 is 1.61 bits per heavy atom. The molecule has 2 N–H and O–H groups in total. The van der Waals surface area contributed by atoms with E-state index in [0.29, 0.717) is 12.6 Å².